The second-order valence-electron chi connectivity index (χ2n) is 5.25. The average molecular weight is 463 g/mol. The Bertz CT molecular complexity index is 950. The van der Waals surface area contributed by atoms with Gasteiger partial charge in [0, 0.05) is 11.1 Å². The van der Waals surface area contributed by atoms with Crippen molar-refractivity contribution in [1.82, 2.24) is 4.98 Å². The number of aromatic nitrogens is 1. The largest absolute Gasteiger partial charge is 0.248 e. The van der Waals surface area contributed by atoms with Crippen LogP contribution in [0.15, 0.2) is 36.4 Å². The molecule has 0 aliphatic heterocycles. The van der Waals surface area contributed by atoms with Crippen molar-refractivity contribution in [2.75, 3.05) is 0 Å². The van der Waals surface area contributed by atoms with E-state index in [4.69, 9.17) is 69.6 Å². The Morgan fingerprint density at radius 3 is 1.27 bits per heavy atom. The summed E-state index contributed by atoms with van der Waals surface area (Å²) in [5.74, 6) is 0. The number of rotatable bonds is 2. The SMILES string of the molecule is N#Cc1cc(-c2cc(Cl)c(Cl)c(Cl)c2)nc(-c2cc(Cl)c(Cl)c(Cl)c2)c1. The summed E-state index contributed by atoms with van der Waals surface area (Å²) < 4.78 is 0. The van der Waals surface area contributed by atoms with Gasteiger partial charge in [-0.25, -0.2) is 4.98 Å². The van der Waals surface area contributed by atoms with Crippen molar-refractivity contribution in [3.8, 4) is 28.6 Å². The summed E-state index contributed by atoms with van der Waals surface area (Å²) in [5, 5.41) is 11.0. The molecule has 0 radical (unpaired) electrons. The highest BCUT2D eigenvalue weighted by atomic mass is 35.5. The van der Waals surface area contributed by atoms with Crippen LogP contribution in [0.3, 0.4) is 0 Å². The summed E-state index contributed by atoms with van der Waals surface area (Å²) in [6.07, 6.45) is 0. The van der Waals surface area contributed by atoms with Crippen LogP contribution < -0.4 is 0 Å². The molecule has 3 rings (SSSR count). The molecule has 1 heterocycles. The van der Waals surface area contributed by atoms with Crippen LogP contribution in [0.1, 0.15) is 5.56 Å². The van der Waals surface area contributed by atoms with Crippen LogP contribution in [0, 0.1) is 11.3 Å². The van der Waals surface area contributed by atoms with E-state index in [1.807, 2.05) is 0 Å². The smallest absolute Gasteiger partial charge is 0.0993 e. The summed E-state index contributed by atoms with van der Waals surface area (Å²) in [5.41, 5.74) is 2.64. The highest BCUT2D eigenvalue weighted by Crippen LogP contribution is 2.37. The van der Waals surface area contributed by atoms with Gasteiger partial charge in [-0.15, -0.1) is 0 Å². The van der Waals surface area contributed by atoms with Crippen molar-refractivity contribution in [2.45, 2.75) is 0 Å². The molecule has 0 spiro atoms. The standard InChI is InChI=1S/C18H6Cl6N2/c19-11-3-9(4-12(20)17(11)23)15-1-8(7-25)2-16(26-15)10-5-13(21)18(24)14(22)6-10/h1-6H. The van der Waals surface area contributed by atoms with Crippen molar-refractivity contribution in [2.24, 2.45) is 0 Å². The highest BCUT2D eigenvalue weighted by Gasteiger charge is 2.13. The van der Waals surface area contributed by atoms with Crippen LogP contribution >= 0.6 is 69.6 Å². The number of nitriles is 1. The first-order valence-corrected chi connectivity index (χ1v) is 9.29. The molecule has 0 aliphatic rings. The van der Waals surface area contributed by atoms with Crippen molar-refractivity contribution in [3.05, 3.63) is 72.1 Å². The summed E-state index contributed by atoms with van der Waals surface area (Å²) in [6.45, 7) is 0. The fraction of sp³-hybridized carbons (Fsp3) is 0. The second-order valence-corrected chi connectivity index (χ2v) is 7.63. The van der Waals surface area contributed by atoms with E-state index in [0.717, 1.165) is 0 Å². The van der Waals surface area contributed by atoms with Gasteiger partial charge < -0.3 is 0 Å². The number of pyridine rings is 1. The Hall–Kier alpha value is -1.18. The normalized spacial score (nSPS) is 10.7. The second kappa shape index (κ2) is 7.82. The molecule has 2 aromatic carbocycles. The van der Waals surface area contributed by atoms with Crippen LogP contribution in [0.25, 0.3) is 22.5 Å². The first-order chi connectivity index (χ1) is 12.3. The van der Waals surface area contributed by atoms with Crippen molar-refractivity contribution in [1.29, 1.82) is 5.26 Å². The lowest BCUT2D eigenvalue weighted by Crippen LogP contribution is -1.92. The quantitative estimate of drug-likeness (QED) is 0.360. The first kappa shape index (κ1) is 19.6. The van der Waals surface area contributed by atoms with E-state index in [2.05, 4.69) is 11.1 Å². The van der Waals surface area contributed by atoms with Crippen LogP contribution in [-0.2, 0) is 0 Å². The van der Waals surface area contributed by atoms with E-state index in [1.54, 1.807) is 36.4 Å². The molecular formula is C18H6Cl6N2. The summed E-state index contributed by atoms with van der Waals surface area (Å²) >= 11 is 36.4. The zero-order valence-corrected chi connectivity index (χ0v) is 17.2. The molecule has 0 N–H and O–H groups in total. The first-order valence-electron chi connectivity index (χ1n) is 7.02. The molecule has 8 heteroatoms. The number of halogens is 6. The number of hydrogen-bond donors (Lipinski definition) is 0. The van der Waals surface area contributed by atoms with Gasteiger partial charge in [0.05, 0.1) is 53.2 Å². The number of nitrogens with zero attached hydrogens (tertiary/aromatic N) is 2. The Kier molecular flexibility index (Phi) is 5.89. The molecule has 0 bridgehead atoms. The zero-order valence-electron chi connectivity index (χ0n) is 12.6. The molecule has 3 aromatic rings. The van der Waals surface area contributed by atoms with Gasteiger partial charge in [-0.05, 0) is 36.4 Å². The predicted molar refractivity (Wildman–Crippen MR) is 110 cm³/mol. The molecule has 0 saturated heterocycles. The molecule has 26 heavy (non-hydrogen) atoms. The molecule has 0 aliphatic carbocycles. The maximum Gasteiger partial charge on any atom is 0.0993 e. The lowest BCUT2D eigenvalue weighted by atomic mass is 10.1. The van der Waals surface area contributed by atoms with E-state index >= 15 is 0 Å². The van der Waals surface area contributed by atoms with Crippen molar-refractivity contribution >= 4 is 69.6 Å². The third-order valence-electron chi connectivity index (χ3n) is 3.51. The molecule has 1 aromatic heterocycles. The molecule has 130 valence electrons. The Balaban J connectivity index is 2.22. The van der Waals surface area contributed by atoms with Gasteiger partial charge in [-0.2, -0.15) is 5.26 Å². The third kappa shape index (κ3) is 3.89. The highest BCUT2D eigenvalue weighted by molar-refractivity contribution is 6.49. The zero-order chi connectivity index (χ0) is 19.0. The van der Waals surface area contributed by atoms with Crippen molar-refractivity contribution < 1.29 is 0 Å². The number of benzene rings is 2. The maximum absolute atomic E-state index is 9.36. The van der Waals surface area contributed by atoms with Gasteiger partial charge in [-0.1, -0.05) is 69.6 Å². The fourth-order valence-electron chi connectivity index (χ4n) is 2.30. The Morgan fingerprint density at radius 1 is 0.615 bits per heavy atom. The lowest BCUT2D eigenvalue weighted by molar-refractivity contribution is 1.31. The van der Waals surface area contributed by atoms with Crippen molar-refractivity contribution in [3.63, 3.8) is 0 Å². The van der Waals surface area contributed by atoms with Gasteiger partial charge in [-0.3, -0.25) is 0 Å². The van der Waals surface area contributed by atoms with Crippen LogP contribution in [0.4, 0.5) is 0 Å². The van der Waals surface area contributed by atoms with E-state index < -0.39 is 0 Å². The lowest BCUT2D eigenvalue weighted by Gasteiger charge is -2.10. The summed E-state index contributed by atoms with van der Waals surface area (Å²) in [6, 6.07) is 11.9. The average Bonchev–Trinajstić information content (AvgIpc) is 2.62. The molecule has 0 amide bonds. The Labute approximate surface area is 179 Å². The van der Waals surface area contributed by atoms with E-state index in [1.165, 1.54) is 0 Å². The van der Waals surface area contributed by atoms with Gasteiger partial charge in [0.1, 0.15) is 0 Å². The molecule has 0 fully saturated rings. The minimum Gasteiger partial charge on any atom is -0.248 e. The van der Waals surface area contributed by atoms with Gasteiger partial charge in [0.25, 0.3) is 0 Å². The maximum atomic E-state index is 9.36. The van der Waals surface area contributed by atoms with Crippen LogP contribution in [-0.4, -0.2) is 4.98 Å². The Morgan fingerprint density at radius 2 is 0.962 bits per heavy atom. The number of hydrogen-bond acceptors (Lipinski definition) is 2. The molecular weight excluding hydrogens is 457 g/mol. The van der Waals surface area contributed by atoms with E-state index in [0.29, 0.717) is 28.1 Å². The predicted octanol–water partition coefficient (Wildman–Crippen LogP) is 8.21. The molecule has 0 atom stereocenters. The topological polar surface area (TPSA) is 36.7 Å². The van der Waals surface area contributed by atoms with Crippen LogP contribution in [0.5, 0.6) is 0 Å². The van der Waals surface area contributed by atoms with Crippen LogP contribution in [0.2, 0.25) is 30.1 Å². The summed E-state index contributed by atoms with van der Waals surface area (Å²) in [7, 11) is 0. The van der Waals surface area contributed by atoms with E-state index in [9.17, 15) is 5.26 Å². The molecule has 0 unspecified atom stereocenters. The van der Waals surface area contributed by atoms with Gasteiger partial charge in [0.2, 0.25) is 0 Å². The van der Waals surface area contributed by atoms with Gasteiger partial charge in [0.15, 0.2) is 0 Å². The minimum atomic E-state index is 0.255. The monoisotopic (exact) mass is 460 g/mol. The summed E-state index contributed by atoms with van der Waals surface area (Å²) in [4.78, 5) is 4.57. The van der Waals surface area contributed by atoms with Gasteiger partial charge >= 0.3 is 0 Å². The third-order valence-corrected chi connectivity index (χ3v) is 5.91. The molecule has 2 nitrogen and oxygen atoms in total. The fourth-order valence-corrected chi connectivity index (χ4v) is 3.49. The molecule has 0 saturated carbocycles. The van der Waals surface area contributed by atoms with E-state index in [-0.39, 0.29) is 30.1 Å². The minimum absolute atomic E-state index is 0.255.